The molecule has 0 saturated heterocycles. The molecule has 0 aliphatic heterocycles. The molecule has 0 saturated carbocycles. The lowest BCUT2D eigenvalue weighted by molar-refractivity contribution is -0.118. The van der Waals surface area contributed by atoms with Gasteiger partial charge in [0, 0.05) is 14.0 Å². The molecule has 0 rings (SSSR count). The van der Waals surface area contributed by atoms with E-state index >= 15 is 0 Å². The maximum absolute atomic E-state index is 9.70. The molecule has 3 heteroatoms. The number of amides is 1. The summed E-state index contributed by atoms with van der Waals surface area (Å²) in [5, 5.41) is 5.32. The minimum atomic E-state index is 0.00463. The summed E-state index contributed by atoms with van der Waals surface area (Å²) in [6.45, 7) is 4.61. The Bertz CT molecular complexity index is 62.1. The van der Waals surface area contributed by atoms with Crippen LogP contribution in [0.4, 0.5) is 0 Å². The van der Waals surface area contributed by atoms with Crippen LogP contribution in [0.15, 0.2) is 0 Å². The van der Waals surface area contributed by atoms with Gasteiger partial charge in [0.1, 0.15) is 0 Å². The number of carbonyl (C=O) groups is 1. The summed E-state index contributed by atoms with van der Waals surface area (Å²) in [6, 6.07) is 0. The number of rotatable bonds is 1. The van der Waals surface area contributed by atoms with Gasteiger partial charge in [-0.15, -0.1) is 0 Å². The molecule has 0 radical (unpaired) electrons. The third-order valence-corrected chi connectivity index (χ3v) is 0.706. The van der Waals surface area contributed by atoms with Gasteiger partial charge in [-0.3, -0.25) is 4.79 Å². The van der Waals surface area contributed by atoms with E-state index in [0.717, 1.165) is 6.54 Å². The highest BCUT2D eigenvalue weighted by atomic mass is 16.1. The fraction of sp³-hybridized carbons (Fsp3) is 0.833. The third kappa shape index (κ3) is 37.1. The van der Waals surface area contributed by atoms with Crippen LogP contribution in [0.2, 0.25) is 0 Å². The average molecular weight is 132 g/mol. The predicted octanol–water partition coefficient (Wildman–Crippen LogP) is -0.0220. The minimum absolute atomic E-state index is 0.00463. The maximum atomic E-state index is 9.70. The second-order valence-electron chi connectivity index (χ2n) is 1.51. The monoisotopic (exact) mass is 132 g/mol. The Morgan fingerprint density at radius 1 is 1.44 bits per heavy atom. The van der Waals surface area contributed by atoms with E-state index in [-0.39, 0.29) is 5.91 Å². The van der Waals surface area contributed by atoms with Gasteiger partial charge in [-0.05, 0) is 13.6 Å². The van der Waals surface area contributed by atoms with E-state index in [1.165, 1.54) is 6.92 Å². The maximum Gasteiger partial charge on any atom is 0.216 e. The minimum Gasteiger partial charge on any atom is -0.359 e. The van der Waals surface area contributed by atoms with Gasteiger partial charge in [-0.2, -0.15) is 0 Å². The van der Waals surface area contributed by atoms with Gasteiger partial charge in [-0.1, -0.05) is 6.92 Å². The van der Waals surface area contributed by atoms with Crippen molar-refractivity contribution in [2.45, 2.75) is 13.8 Å². The number of nitrogens with one attached hydrogen (secondary N) is 2. The van der Waals surface area contributed by atoms with Gasteiger partial charge in [-0.25, -0.2) is 0 Å². The fourth-order valence-corrected chi connectivity index (χ4v) is 0. The SMILES string of the molecule is CCNC.CNC(C)=O. The highest BCUT2D eigenvalue weighted by molar-refractivity contribution is 5.72. The Kier molecular flexibility index (Phi) is 13.0. The number of hydrogen-bond donors (Lipinski definition) is 2. The van der Waals surface area contributed by atoms with Crippen LogP contribution in [0, 0.1) is 0 Å². The first-order valence-corrected chi connectivity index (χ1v) is 3.01. The largest absolute Gasteiger partial charge is 0.359 e. The molecular formula is C6H16N2O. The van der Waals surface area contributed by atoms with Crippen molar-refractivity contribution < 1.29 is 4.79 Å². The molecule has 0 atom stereocenters. The summed E-state index contributed by atoms with van der Waals surface area (Å²) in [4.78, 5) is 9.70. The van der Waals surface area contributed by atoms with E-state index in [0.29, 0.717) is 0 Å². The average Bonchev–Trinajstić information content (AvgIpc) is 1.89. The molecule has 0 heterocycles. The molecule has 0 bridgehead atoms. The van der Waals surface area contributed by atoms with Crippen LogP contribution < -0.4 is 10.6 Å². The summed E-state index contributed by atoms with van der Waals surface area (Å²) < 4.78 is 0. The Labute approximate surface area is 56.8 Å². The fourth-order valence-electron chi connectivity index (χ4n) is 0. The zero-order valence-corrected chi connectivity index (χ0v) is 6.62. The van der Waals surface area contributed by atoms with E-state index < -0.39 is 0 Å². The van der Waals surface area contributed by atoms with Crippen molar-refractivity contribution in [1.82, 2.24) is 10.6 Å². The van der Waals surface area contributed by atoms with Gasteiger partial charge in [0.25, 0.3) is 0 Å². The van der Waals surface area contributed by atoms with Crippen molar-refractivity contribution in [3.05, 3.63) is 0 Å². The Morgan fingerprint density at radius 3 is 1.67 bits per heavy atom. The number of hydrogen-bond acceptors (Lipinski definition) is 2. The molecule has 0 aromatic rings. The molecule has 2 N–H and O–H groups in total. The van der Waals surface area contributed by atoms with Crippen LogP contribution in [0.5, 0.6) is 0 Å². The van der Waals surface area contributed by atoms with Crippen LogP contribution in [0.25, 0.3) is 0 Å². The van der Waals surface area contributed by atoms with Crippen LogP contribution in [-0.2, 0) is 4.79 Å². The third-order valence-electron chi connectivity index (χ3n) is 0.706. The molecule has 0 unspecified atom stereocenters. The summed E-state index contributed by atoms with van der Waals surface area (Å²) in [6.07, 6.45) is 0. The molecule has 0 aliphatic carbocycles. The van der Waals surface area contributed by atoms with Crippen LogP contribution in [0.1, 0.15) is 13.8 Å². The predicted molar refractivity (Wildman–Crippen MR) is 39.3 cm³/mol. The Hall–Kier alpha value is -0.570. The molecule has 0 fully saturated rings. The van der Waals surface area contributed by atoms with Gasteiger partial charge in [0.2, 0.25) is 5.91 Å². The van der Waals surface area contributed by atoms with Gasteiger partial charge in [0.05, 0.1) is 0 Å². The summed E-state index contributed by atoms with van der Waals surface area (Å²) in [7, 11) is 3.53. The standard InChI is InChI=1S/C3H7NO.C3H9N/c1-3(5)4-2;1-3-4-2/h1-2H3,(H,4,5);4H,3H2,1-2H3. The molecule has 0 spiro atoms. The molecule has 0 aromatic heterocycles. The highest BCUT2D eigenvalue weighted by Crippen LogP contribution is 1.45. The van der Waals surface area contributed by atoms with Crippen molar-refractivity contribution in [1.29, 1.82) is 0 Å². The van der Waals surface area contributed by atoms with Crippen LogP contribution in [0.3, 0.4) is 0 Å². The lowest BCUT2D eigenvalue weighted by Gasteiger charge is -1.80. The van der Waals surface area contributed by atoms with Gasteiger partial charge < -0.3 is 10.6 Å². The second-order valence-corrected chi connectivity index (χ2v) is 1.51. The second kappa shape index (κ2) is 10.4. The lowest BCUT2D eigenvalue weighted by atomic mass is 10.7. The van der Waals surface area contributed by atoms with E-state index in [9.17, 15) is 4.79 Å². The molecule has 0 aliphatic rings. The molecule has 1 amide bonds. The summed E-state index contributed by atoms with van der Waals surface area (Å²) in [5.41, 5.74) is 0. The summed E-state index contributed by atoms with van der Waals surface area (Å²) >= 11 is 0. The van der Waals surface area contributed by atoms with E-state index in [1.54, 1.807) is 7.05 Å². The molecular weight excluding hydrogens is 116 g/mol. The van der Waals surface area contributed by atoms with Crippen LogP contribution in [-0.4, -0.2) is 26.5 Å². The van der Waals surface area contributed by atoms with Crippen molar-refractivity contribution >= 4 is 5.91 Å². The van der Waals surface area contributed by atoms with Crippen molar-refractivity contribution in [2.24, 2.45) is 0 Å². The van der Waals surface area contributed by atoms with Crippen molar-refractivity contribution in [2.75, 3.05) is 20.6 Å². The first-order chi connectivity index (χ1) is 4.18. The zero-order chi connectivity index (χ0) is 7.70. The Balaban J connectivity index is 0. The highest BCUT2D eigenvalue weighted by Gasteiger charge is 1.72. The molecule has 56 valence electrons. The number of carbonyl (C=O) groups excluding carboxylic acids is 1. The molecule has 9 heavy (non-hydrogen) atoms. The van der Waals surface area contributed by atoms with E-state index in [1.807, 2.05) is 7.05 Å². The van der Waals surface area contributed by atoms with Gasteiger partial charge >= 0.3 is 0 Å². The Morgan fingerprint density at radius 2 is 1.67 bits per heavy atom. The molecule has 3 nitrogen and oxygen atoms in total. The molecule has 0 aromatic carbocycles. The normalized spacial score (nSPS) is 7.11. The summed E-state index contributed by atoms with van der Waals surface area (Å²) in [5.74, 6) is 0.00463. The topological polar surface area (TPSA) is 41.1 Å². The van der Waals surface area contributed by atoms with Crippen molar-refractivity contribution in [3.8, 4) is 0 Å². The van der Waals surface area contributed by atoms with E-state index in [2.05, 4.69) is 17.6 Å². The first kappa shape index (κ1) is 11.3. The lowest BCUT2D eigenvalue weighted by Crippen LogP contribution is -2.11. The smallest absolute Gasteiger partial charge is 0.216 e. The first-order valence-electron chi connectivity index (χ1n) is 3.01. The van der Waals surface area contributed by atoms with Crippen LogP contribution >= 0.6 is 0 Å². The zero-order valence-electron chi connectivity index (χ0n) is 6.62. The van der Waals surface area contributed by atoms with Gasteiger partial charge in [0.15, 0.2) is 0 Å². The van der Waals surface area contributed by atoms with E-state index in [4.69, 9.17) is 0 Å². The quantitative estimate of drug-likeness (QED) is 0.526. The van der Waals surface area contributed by atoms with Crippen molar-refractivity contribution in [3.63, 3.8) is 0 Å².